The van der Waals surface area contributed by atoms with Gasteiger partial charge >= 0.3 is 5.97 Å². The Balaban J connectivity index is 1.83. The second-order valence-electron chi connectivity index (χ2n) is 7.32. The van der Waals surface area contributed by atoms with Crippen molar-refractivity contribution < 1.29 is 19.1 Å². The number of rotatable bonds is 6. The number of morpholine rings is 1. The number of nitrogens with one attached hydrogen (secondary N) is 1. The summed E-state index contributed by atoms with van der Waals surface area (Å²) in [6, 6.07) is 9.31. The zero-order valence-electron chi connectivity index (χ0n) is 17.3. The van der Waals surface area contributed by atoms with Crippen molar-refractivity contribution in [2.45, 2.75) is 45.9 Å². The van der Waals surface area contributed by atoms with Gasteiger partial charge in [-0.15, -0.1) is 11.3 Å². The highest BCUT2D eigenvalue weighted by Gasteiger charge is 2.31. The molecule has 1 aliphatic heterocycles. The van der Waals surface area contributed by atoms with Crippen LogP contribution in [0.2, 0.25) is 0 Å². The summed E-state index contributed by atoms with van der Waals surface area (Å²) in [4.78, 5) is 27.7. The Kier molecular flexibility index (Phi) is 7.05. The first kappa shape index (κ1) is 21.5. The van der Waals surface area contributed by atoms with Gasteiger partial charge in [0.05, 0.1) is 24.9 Å². The van der Waals surface area contributed by atoms with Gasteiger partial charge in [-0.2, -0.15) is 0 Å². The van der Waals surface area contributed by atoms with E-state index in [-0.39, 0.29) is 30.8 Å². The van der Waals surface area contributed by atoms with Crippen molar-refractivity contribution in [3.8, 4) is 11.1 Å². The second-order valence-corrected chi connectivity index (χ2v) is 8.20. The number of benzene rings is 1. The van der Waals surface area contributed by atoms with Crippen LogP contribution in [0.25, 0.3) is 11.1 Å². The molecular formula is C22H28N2O4S. The molecule has 0 aliphatic carbocycles. The smallest absolute Gasteiger partial charge is 0.341 e. The maximum Gasteiger partial charge on any atom is 0.341 e. The molecule has 0 bridgehead atoms. The lowest BCUT2D eigenvalue weighted by Crippen LogP contribution is -2.52. The minimum absolute atomic E-state index is 0.0792. The van der Waals surface area contributed by atoms with Crippen LogP contribution in [0.4, 0.5) is 5.00 Å². The van der Waals surface area contributed by atoms with Gasteiger partial charge in [0.2, 0.25) is 5.91 Å². The van der Waals surface area contributed by atoms with Crippen molar-refractivity contribution in [2.75, 3.05) is 25.0 Å². The van der Waals surface area contributed by atoms with E-state index in [1.807, 2.05) is 56.5 Å². The predicted octanol–water partition coefficient (Wildman–Crippen LogP) is 4.03. The SMILES string of the molecule is CCOC(=O)c1c(-c2ccccc2)csc1NC(=O)C(C)N1CC(C)OC(C)C1. The molecule has 0 saturated carbocycles. The fourth-order valence-corrected chi connectivity index (χ4v) is 4.56. The van der Waals surface area contributed by atoms with Gasteiger partial charge < -0.3 is 14.8 Å². The van der Waals surface area contributed by atoms with Gasteiger partial charge in [0.15, 0.2) is 0 Å². The van der Waals surface area contributed by atoms with E-state index in [4.69, 9.17) is 9.47 Å². The number of amides is 1. The summed E-state index contributed by atoms with van der Waals surface area (Å²) in [5, 5.41) is 5.37. The molecule has 3 rings (SSSR count). The maximum atomic E-state index is 13.0. The van der Waals surface area contributed by atoms with Gasteiger partial charge in [-0.1, -0.05) is 30.3 Å². The summed E-state index contributed by atoms with van der Waals surface area (Å²) in [6.45, 7) is 9.35. The van der Waals surface area contributed by atoms with E-state index in [2.05, 4.69) is 10.2 Å². The third-order valence-electron chi connectivity index (χ3n) is 4.97. The summed E-state index contributed by atoms with van der Waals surface area (Å²) in [6.07, 6.45) is 0.158. The molecule has 1 aromatic heterocycles. The van der Waals surface area contributed by atoms with Gasteiger partial charge in [-0.3, -0.25) is 9.69 Å². The molecule has 1 aromatic carbocycles. The first-order valence-electron chi connectivity index (χ1n) is 9.95. The maximum absolute atomic E-state index is 13.0. The Morgan fingerprint density at radius 2 is 1.90 bits per heavy atom. The van der Waals surface area contributed by atoms with Crippen LogP contribution in [0.3, 0.4) is 0 Å². The molecule has 1 aliphatic rings. The first-order chi connectivity index (χ1) is 13.9. The van der Waals surface area contributed by atoms with Crippen LogP contribution in [0.5, 0.6) is 0 Å². The van der Waals surface area contributed by atoms with Crippen molar-refractivity contribution in [2.24, 2.45) is 0 Å². The van der Waals surface area contributed by atoms with E-state index in [0.29, 0.717) is 23.7 Å². The summed E-state index contributed by atoms with van der Waals surface area (Å²) in [5.41, 5.74) is 2.09. The van der Waals surface area contributed by atoms with Crippen LogP contribution in [-0.2, 0) is 14.3 Å². The molecule has 29 heavy (non-hydrogen) atoms. The third-order valence-corrected chi connectivity index (χ3v) is 5.86. The van der Waals surface area contributed by atoms with Gasteiger partial charge in [-0.05, 0) is 33.3 Å². The average molecular weight is 417 g/mol. The molecule has 1 saturated heterocycles. The first-order valence-corrected chi connectivity index (χ1v) is 10.8. The van der Waals surface area contributed by atoms with E-state index in [9.17, 15) is 9.59 Å². The minimum Gasteiger partial charge on any atom is -0.462 e. The quantitative estimate of drug-likeness (QED) is 0.720. The van der Waals surface area contributed by atoms with Crippen LogP contribution in [0.15, 0.2) is 35.7 Å². The van der Waals surface area contributed by atoms with Gasteiger partial charge in [0.25, 0.3) is 0 Å². The molecule has 7 heteroatoms. The van der Waals surface area contributed by atoms with Crippen LogP contribution in [-0.4, -0.2) is 54.7 Å². The van der Waals surface area contributed by atoms with Crippen molar-refractivity contribution in [3.05, 3.63) is 41.3 Å². The lowest BCUT2D eigenvalue weighted by atomic mass is 10.0. The highest BCUT2D eigenvalue weighted by molar-refractivity contribution is 7.15. The largest absolute Gasteiger partial charge is 0.462 e. The summed E-state index contributed by atoms with van der Waals surface area (Å²) >= 11 is 1.34. The number of carbonyl (C=O) groups is 2. The van der Waals surface area contributed by atoms with Crippen LogP contribution >= 0.6 is 11.3 Å². The van der Waals surface area contributed by atoms with Gasteiger partial charge in [-0.25, -0.2) is 4.79 Å². The summed E-state index contributed by atoms with van der Waals surface area (Å²) in [7, 11) is 0. The molecule has 3 unspecified atom stereocenters. The number of thiophene rings is 1. The van der Waals surface area contributed by atoms with Crippen LogP contribution < -0.4 is 5.32 Å². The predicted molar refractivity (Wildman–Crippen MR) is 115 cm³/mol. The number of anilines is 1. The Hall–Kier alpha value is -2.22. The molecule has 0 spiro atoms. The number of ether oxygens (including phenoxy) is 2. The Labute approximate surface area is 175 Å². The molecule has 1 N–H and O–H groups in total. The summed E-state index contributed by atoms with van der Waals surface area (Å²) < 4.78 is 11.0. The molecule has 1 amide bonds. The van der Waals surface area contributed by atoms with E-state index < -0.39 is 5.97 Å². The van der Waals surface area contributed by atoms with Crippen molar-refractivity contribution >= 4 is 28.2 Å². The molecule has 3 atom stereocenters. The minimum atomic E-state index is -0.427. The number of carbonyl (C=O) groups excluding carboxylic acids is 2. The molecule has 6 nitrogen and oxygen atoms in total. The normalized spacial score (nSPS) is 20.8. The van der Waals surface area contributed by atoms with Gasteiger partial charge in [0, 0.05) is 24.0 Å². The topological polar surface area (TPSA) is 67.9 Å². The Morgan fingerprint density at radius 1 is 1.24 bits per heavy atom. The Morgan fingerprint density at radius 3 is 2.52 bits per heavy atom. The monoisotopic (exact) mass is 416 g/mol. The zero-order chi connectivity index (χ0) is 21.0. The van der Waals surface area contributed by atoms with Crippen molar-refractivity contribution in [3.63, 3.8) is 0 Å². The van der Waals surface area contributed by atoms with Crippen LogP contribution in [0, 0.1) is 0 Å². The third kappa shape index (κ3) is 5.04. The molecule has 2 aromatic rings. The van der Waals surface area contributed by atoms with E-state index in [1.54, 1.807) is 6.92 Å². The standard InChI is InChI=1S/C22H28N2O4S/c1-5-27-22(26)19-18(17-9-7-6-8-10-17)13-29-21(19)23-20(25)16(4)24-11-14(2)28-15(3)12-24/h6-10,13-16H,5,11-12H2,1-4H3,(H,23,25). The number of esters is 1. The molecular weight excluding hydrogens is 388 g/mol. The molecule has 0 radical (unpaired) electrons. The fraction of sp³-hybridized carbons (Fsp3) is 0.455. The lowest BCUT2D eigenvalue weighted by molar-refractivity contribution is -0.126. The van der Waals surface area contributed by atoms with Gasteiger partial charge in [0.1, 0.15) is 10.6 Å². The summed E-state index contributed by atoms with van der Waals surface area (Å²) in [5.74, 6) is -0.567. The van der Waals surface area contributed by atoms with Crippen molar-refractivity contribution in [1.29, 1.82) is 0 Å². The molecule has 2 heterocycles. The lowest BCUT2D eigenvalue weighted by Gasteiger charge is -2.38. The number of nitrogens with zero attached hydrogens (tertiary/aromatic N) is 1. The zero-order valence-corrected chi connectivity index (χ0v) is 18.1. The van der Waals surface area contributed by atoms with Crippen LogP contribution in [0.1, 0.15) is 38.1 Å². The van der Waals surface area contributed by atoms with E-state index >= 15 is 0 Å². The highest BCUT2D eigenvalue weighted by atomic mass is 32.1. The van der Waals surface area contributed by atoms with E-state index in [0.717, 1.165) is 11.1 Å². The van der Waals surface area contributed by atoms with E-state index in [1.165, 1.54) is 11.3 Å². The molecule has 1 fully saturated rings. The second kappa shape index (κ2) is 9.52. The Bertz CT molecular complexity index is 842. The number of hydrogen-bond donors (Lipinski definition) is 1. The molecule has 156 valence electrons. The average Bonchev–Trinajstić information content (AvgIpc) is 3.11. The fourth-order valence-electron chi connectivity index (χ4n) is 3.60. The highest BCUT2D eigenvalue weighted by Crippen LogP contribution is 2.36. The van der Waals surface area contributed by atoms with Crippen molar-refractivity contribution in [1.82, 2.24) is 4.90 Å². The number of hydrogen-bond acceptors (Lipinski definition) is 6.